The van der Waals surface area contributed by atoms with Gasteiger partial charge in [-0.3, -0.25) is 14.4 Å². The molecule has 164 valence electrons. The fourth-order valence-electron chi connectivity index (χ4n) is 3.78. The molecule has 3 rings (SSSR count). The third kappa shape index (κ3) is 6.04. The summed E-state index contributed by atoms with van der Waals surface area (Å²) in [6.07, 6.45) is 0.291. The van der Waals surface area contributed by atoms with Crippen LogP contribution in [0.3, 0.4) is 0 Å². The zero-order valence-corrected chi connectivity index (χ0v) is 17.9. The van der Waals surface area contributed by atoms with Gasteiger partial charge >= 0.3 is 0 Å². The number of nitrogens with one attached hydrogen (secondary N) is 2. The Balaban J connectivity index is 1.92. The van der Waals surface area contributed by atoms with Gasteiger partial charge in [-0.05, 0) is 16.7 Å². The van der Waals surface area contributed by atoms with Crippen LogP contribution in [0.2, 0.25) is 0 Å². The van der Waals surface area contributed by atoms with Gasteiger partial charge in [-0.15, -0.1) is 0 Å². The van der Waals surface area contributed by atoms with Crippen molar-refractivity contribution >= 4 is 17.7 Å². The second-order valence-corrected chi connectivity index (χ2v) is 7.63. The van der Waals surface area contributed by atoms with Crippen molar-refractivity contribution in [3.8, 4) is 0 Å². The SMILES string of the molecule is CC(=O)N[C@@H](Cc1ccccc1)C(=O)N[C@H](C(N)=O)C(c1ccccc1)c1ccccc1. The minimum atomic E-state index is -1.00. The average Bonchev–Trinajstić information content (AvgIpc) is 2.80. The highest BCUT2D eigenvalue weighted by Crippen LogP contribution is 2.28. The monoisotopic (exact) mass is 429 g/mol. The van der Waals surface area contributed by atoms with E-state index < -0.39 is 29.8 Å². The minimum Gasteiger partial charge on any atom is -0.368 e. The van der Waals surface area contributed by atoms with Crippen LogP contribution in [-0.4, -0.2) is 29.8 Å². The van der Waals surface area contributed by atoms with Gasteiger partial charge in [0.2, 0.25) is 17.7 Å². The average molecular weight is 430 g/mol. The maximum atomic E-state index is 13.2. The predicted molar refractivity (Wildman–Crippen MR) is 124 cm³/mol. The van der Waals surface area contributed by atoms with Crippen LogP contribution in [0, 0.1) is 0 Å². The summed E-state index contributed by atoms with van der Waals surface area (Å²) < 4.78 is 0. The molecule has 32 heavy (non-hydrogen) atoms. The molecule has 0 unspecified atom stereocenters. The Hall–Kier alpha value is -3.93. The third-order valence-corrected chi connectivity index (χ3v) is 5.23. The van der Waals surface area contributed by atoms with Crippen LogP contribution in [-0.2, 0) is 20.8 Å². The summed E-state index contributed by atoms with van der Waals surface area (Å²) in [6.45, 7) is 1.35. The van der Waals surface area contributed by atoms with Crippen molar-refractivity contribution in [1.29, 1.82) is 0 Å². The maximum absolute atomic E-state index is 13.2. The van der Waals surface area contributed by atoms with E-state index in [9.17, 15) is 14.4 Å². The van der Waals surface area contributed by atoms with E-state index in [1.807, 2.05) is 91.0 Å². The van der Waals surface area contributed by atoms with Crippen LogP contribution < -0.4 is 16.4 Å². The molecule has 0 saturated heterocycles. The number of hydrogen-bond acceptors (Lipinski definition) is 3. The summed E-state index contributed by atoms with van der Waals surface area (Å²) in [6, 6.07) is 26.4. The number of primary amides is 1. The van der Waals surface area contributed by atoms with Gasteiger partial charge in [0.05, 0.1) is 0 Å². The Kier molecular flexibility index (Phi) is 7.75. The molecule has 0 aliphatic rings. The van der Waals surface area contributed by atoms with E-state index in [-0.39, 0.29) is 5.91 Å². The van der Waals surface area contributed by atoms with Crippen molar-refractivity contribution in [2.75, 3.05) is 0 Å². The molecule has 0 aliphatic heterocycles. The standard InChI is InChI=1S/C26H27N3O3/c1-18(30)28-22(17-19-11-5-2-6-12-19)26(32)29-24(25(27)31)23(20-13-7-3-8-14-20)21-15-9-4-10-16-21/h2-16,22-24H,17H2,1H3,(H2,27,31)(H,28,30)(H,29,32)/t22-,24-/m0/s1. The second kappa shape index (κ2) is 10.9. The highest BCUT2D eigenvalue weighted by atomic mass is 16.2. The quantitative estimate of drug-likeness (QED) is 0.487. The number of hydrogen-bond donors (Lipinski definition) is 3. The lowest BCUT2D eigenvalue weighted by molar-refractivity contribution is -0.131. The molecular formula is C26H27N3O3. The Bertz CT molecular complexity index is 1000. The van der Waals surface area contributed by atoms with E-state index in [4.69, 9.17) is 5.73 Å². The van der Waals surface area contributed by atoms with E-state index in [1.54, 1.807) is 0 Å². The van der Waals surface area contributed by atoms with Gasteiger partial charge in [-0.1, -0.05) is 91.0 Å². The zero-order valence-electron chi connectivity index (χ0n) is 17.9. The zero-order chi connectivity index (χ0) is 22.9. The first-order chi connectivity index (χ1) is 15.5. The number of carbonyl (C=O) groups excluding carboxylic acids is 3. The Morgan fingerprint density at radius 3 is 1.66 bits per heavy atom. The van der Waals surface area contributed by atoms with Crippen LogP contribution in [0.1, 0.15) is 29.5 Å². The van der Waals surface area contributed by atoms with E-state index in [0.29, 0.717) is 6.42 Å². The van der Waals surface area contributed by atoms with Crippen LogP contribution in [0.25, 0.3) is 0 Å². The molecule has 4 N–H and O–H groups in total. The molecule has 0 saturated carbocycles. The number of amides is 3. The lowest BCUT2D eigenvalue weighted by atomic mass is 9.84. The van der Waals surface area contributed by atoms with Crippen molar-refractivity contribution in [2.24, 2.45) is 5.73 Å². The Morgan fingerprint density at radius 2 is 1.22 bits per heavy atom. The second-order valence-electron chi connectivity index (χ2n) is 7.63. The number of rotatable bonds is 9. The molecule has 0 spiro atoms. The van der Waals surface area contributed by atoms with Crippen molar-refractivity contribution < 1.29 is 14.4 Å². The normalized spacial score (nSPS) is 12.6. The molecule has 2 atom stereocenters. The lowest BCUT2D eigenvalue weighted by Gasteiger charge is -2.28. The number of benzene rings is 3. The molecule has 0 aliphatic carbocycles. The first-order valence-electron chi connectivity index (χ1n) is 10.5. The van der Waals surface area contributed by atoms with E-state index >= 15 is 0 Å². The molecule has 0 fully saturated rings. The van der Waals surface area contributed by atoms with Crippen LogP contribution >= 0.6 is 0 Å². The Labute approximate surface area is 187 Å². The number of nitrogens with two attached hydrogens (primary N) is 1. The van der Waals surface area contributed by atoms with Gasteiger partial charge < -0.3 is 16.4 Å². The highest BCUT2D eigenvalue weighted by Gasteiger charge is 2.33. The molecular weight excluding hydrogens is 402 g/mol. The van der Waals surface area contributed by atoms with Crippen molar-refractivity contribution in [3.05, 3.63) is 108 Å². The van der Waals surface area contributed by atoms with Gasteiger partial charge in [0.15, 0.2) is 0 Å². The molecule has 6 heteroatoms. The molecule has 6 nitrogen and oxygen atoms in total. The first-order valence-corrected chi connectivity index (χ1v) is 10.5. The van der Waals surface area contributed by atoms with Crippen LogP contribution in [0.5, 0.6) is 0 Å². The third-order valence-electron chi connectivity index (χ3n) is 5.23. The number of carbonyl (C=O) groups is 3. The summed E-state index contributed by atoms with van der Waals surface area (Å²) in [5.41, 5.74) is 8.36. The van der Waals surface area contributed by atoms with Crippen molar-refractivity contribution in [3.63, 3.8) is 0 Å². The molecule has 0 radical (unpaired) electrons. The summed E-state index contributed by atoms with van der Waals surface area (Å²) in [4.78, 5) is 37.5. The van der Waals surface area contributed by atoms with Gasteiger partial charge in [-0.2, -0.15) is 0 Å². The van der Waals surface area contributed by atoms with Crippen molar-refractivity contribution in [1.82, 2.24) is 10.6 Å². The fraction of sp³-hybridized carbons (Fsp3) is 0.192. The van der Waals surface area contributed by atoms with Gasteiger partial charge in [0.25, 0.3) is 0 Å². The smallest absolute Gasteiger partial charge is 0.243 e. The molecule has 3 amide bonds. The lowest BCUT2D eigenvalue weighted by Crippen LogP contribution is -2.55. The largest absolute Gasteiger partial charge is 0.368 e. The molecule has 0 aromatic heterocycles. The van der Waals surface area contributed by atoms with E-state index in [2.05, 4.69) is 10.6 Å². The maximum Gasteiger partial charge on any atom is 0.243 e. The summed E-state index contributed by atoms with van der Waals surface area (Å²) in [7, 11) is 0. The highest BCUT2D eigenvalue weighted by molar-refractivity contribution is 5.92. The molecule has 3 aromatic carbocycles. The van der Waals surface area contributed by atoms with Gasteiger partial charge in [0.1, 0.15) is 12.1 Å². The van der Waals surface area contributed by atoms with Crippen LogP contribution in [0.15, 0.2) is 91.0 Å². The van der Waals surface area contributed by atoms with E-state index in [1.165, 1.54) is 6.92 Å². The fourth-order valence-corrected chi connectivity index (χ4v) is 3.78. The van der Waals surface area contributed by atoms with Crippen molar-refractivity contribution in [2.45, 2.75) is 31.3 Å². The topological polar surface area (TPSA) is 101 Å². The minimum absolute atomic E-state index is 0.291. The first kappa shape index (κ1) is 22.7. The van der Waals surface area contributed by atoms with E-state index in [0.717, 1.165) is 16.7 Å². The Morgan fingerprint density at radius 1 is 0.750 bits per heavy atom. The molecule has 0 bridgehead atoms. The predicted octanol–water partition coefficient (Wildman–Crippen LogP) is 2.54. The van der Waals surface area contributed by atoms with Gasteiger partial charge in [0, 0.05) is 19.3 Å². The summed E-state index contributed by atoms with van der Waals surface area (Å²) in [5, 5.41) is 5.50. The molecule has 0 heterocycles. The summed E-state index contributed by atoms with van der Waals surface area (Å²) >= 11 is 0. The molecule has 3 aromatic rings. The van der Waals surface area contributed by atoms with Gasteiger partial charge in [-0.25, -0.2) is 0 Å². The summed E-state index contributed by atoms with van der Waals surface area (Å²) in [5.74, 6) is -1.94. The van der Waals surface area contributed by atoms with Crippen LogP contribution in [0.4, 0.5) is 0 Å².